The van der Waals surface area contributed by atoms with E-state index in [-0.39, 0.29) is 13.1 Å². The molecule has 2 amide bonds. The van der Waals surface area contributed by atoms with Crippen LogP contribution < -0.4 is 20.7 Å². The summed E-state index contributed by atoms with van der Waals surface area (Å²) < 4.78 is 16.7. The van der Waals surface area contributed by atoms with Gasteiger partial charge in [-0.05, 0) is 89.8 Å². The number of rotatable bonds is 16. The highest BCUT2D eigenvalue weighted by Gasteiger charge is 2.27. The molecule has 1 heterocycles. The van der Waals surface area contributed by atoms with Crippen LogP contribution in [0, 0.1) is 0 Å². The molecule has 0 fully saturated rings. The molecule has 0 aliphatic rings. The Morgan fingerprint density at radius 2 is 1.21 bits per heavy atom. The van der Waals surface area contributed by atoms with E-state index in [2.05, 4.69) is 20.9 Å². The number of hydrogen-bond donors (Lipinski definition) is 5. The number of carbonyl (C=O) groups is 2. The first-order valence-corrected chi connectivity index (χ1v) is 16.4. The molecule has 5 N–H and O–H groups in total. The first-order chi connectivity index (χ1) is 22.7. The summed E-state index contributed by atoms with van der Waals surface area (Å²) in [7, 11) is 0. The van der Waals surface area contributed by atoms with E-state index in [0.717, 1.165) is 16.8 Å². The number of ether oxygens (including phenoxy) is 3. The van der Waals surface area contributed by atoms with Crippen molar-refractivity contribution in [3.8, 4) is 5.75 Å². The van der Waals surface area contributed by atoms with Gasteiger partial charge >= 0.3 is 12.2 Å². The van der Waals surface area contributed by atoms with Crippen LogP contribution in [0.25, 0.3) is 0 Å². The fraction of sp³-hybridized carbons (Fsp3) is 0.486. The molecule has 0 aliphatic heterocycles. The fourth-order valence-corrected chi connectivity index (χ4v) is 4.81. The molecule has 0 saturated heterocycles. The van der Waals surface area contributed by atoms with Crippen LogP contribution in [0.1, 0.15) is 58.4 Å². The number of alkyl carbamates (subject to hydrolysis) is 2. The van der Waals surface area contributed by atoms with E-state index in [9.17, 15) is 19.8 Å². The summed E-state index contributed by atoms with van der Waals surface area (Å²) in [4.78, 5) is 29.6. The smallest absolute Gasteiger partial charge is 0.407 e. The van der Waals surface area contributed by atoms with E-state index in [4.69, 9.17) is 14.2 Å². The highest BCUT2D eigenvalue weighted by atomic mass is 16.6. The SMILES string of the molecule is CC(C)(C)OC(=O)N[C@@H](Cc1ccccc1)[C@H](O)CNC[C@@H](O)[C@H](Cc1ccc(OCCc2ccccn2)cc1)NC(=O)OC(C)(C)C. The summed E-state index contributed by atoms with van der Waals surface area (Å²) in [5.41, 5.74) is 1.34. The van der Waals surface area contributed by atoms with Crippen molar-refractivity contribution < 1.29 is 34.0 Å². The minimum Gasteiger partial charge on any atom is -0.493 e. The number of amides is 2. The van der Waals surface area contributed by atoms with Crippen LogP contribution in [0.15, 0.2) is 79.0 Å². The van der Waals surface area contributed by atoms with Crippen LogP contribution >= 0.6 is 0 Å². The molecule has 0 radical (unpaired) electrons. The first kappa shape index (κ1) is 38.3. The molecule has 11 nitrogen and oxygen atoms in total. The largest absolute Gasteiger partial charge is 0.493 e. The Morgan fingerprint density at radius 1 is 0.708 bits per heavy atom. The zero-order valence-electron chi connectivity index (χ0n) is 28.9. The van der Waals surface area contributed by atoms with Crippen LogP contribution in [0.3, 0.4) is 0 Å². The molecule has 1 aromatic heterocycles. The van der Waals surface area contributed by atoms with Gasteiger partial charge in [0.05, 0.1) is 30.9 Å². The third-order valence-electron chi connectivity index (χ3n) is 7.07. The van der Waals surface area contributed by atoms with Gasteiger partial charge in [-0.3, -0.25) is 4.98 Å². The lowest BCUT2D eigenvalue weighted by Gasteiger charge is -2.29. The van der Waals surface area contributed by atoms with Crippen molar-refractivity contribution >= 4 is 12.2 Å². The predicted molar refractivity (Wildman–Crippen MR) is 185 cm³/mol. The van der Waals surface area contributed by atoms with Gasteiger partial charge in [0.1, 0.15) is 17.0 Å². The molecule has 0 spiro atoms. The Kier molecular flexibility index (Phi) is 14.6. The summed E-state index contributed by atoms with van der Waals surface area (Å²) in [6.45, 7) is 11.2. The van der Waals surface area contributed by atoms with Gasteiger partial charge in [0, 0.05) is 31.4 Å². The minimum absolute atomic E-state index is 0.0523. The van der Waals surface area contributed by atoms with Gasteiger partial charge in [-0.15, -0.1) is 0 Å². The molecule has 3 aromatic rings. The number of benzene rings is 2. The number of aromatic nitrogens is 1. The molecule has 2 aromatic carbocycles. The normalized spacial score (nSPS) is 14.2. The lowest BCUT2D eigenvalue weighted by atomic mass is 10.00. The average Bonchev–Trinajstić information content (AvgIpc) is 3.00. The van der Waals surface area contributed by atoms with Crippen LogP contribution in [0.4, 0.5) is 9.59 Å². The number of aliphatic hydroxyl groups excluding tert-OH is 2. The van der Waals surface area contributed by atoms with E-state index in [1.165, 1.54) is 0 Å². The average molecular weight is 665 g/mol. The second-order valence-corrected chi connectivity index (χ2v) is 13.8. The molecule has 262 valence electrons. The molecular formula is C37H52N4O7. The molecule has 0 aliphatic carbocycles. The van der Waals surface area contributed by atoms with Gasteiger partial charge in [0.15, 0.2) is 0 Å². The molecule has 3 rings (SSSR count). The Bertz CT molecular complexity index is 1380. The van der Waals surface area contributed by atoms with E-state index in [1.807, 2.05) is 72.8 Å². The highest BCUT2D eigenvalue weighted by molar-refractivity contribution is 5.68. The molecule has 0 saturated carbocycles. The second-order valence-electron chi connectivity index (χ2n) is 13.8. The van der Waals surface area contributed by atoms with Gasteiger partial charge in [-0.25, -0.2) is 9.59 Å². The summed E-state index contributed by atoms with van der Waals surface area (Å²) >= 11 is 0. The Balaban J connectivity index is 1.61. The van der Waals surface area contributed by atoms with Gasteiger partial charge in [0.2, 0.25) is 0 Å². The van der Waals surface area contributed by atoms with Crippen molar-refractivity contribution in [2.75, 3.05) is 19.7 Å². The number of hydrogen-bond acceptors (Lipinski definition) is 9. The van der Waals surface area contributed by atoms with E-state index in [1.54, 1.807) is 47.7 Å². The maximum absolute atomic E-state index is 12.7. The number of nitrogens with one attached hydrogen (secondary N) is 3. The summed E-state index contributed by atoms with van der Waals surface area (Å²) in [5, 5.41) is 31.0. The molecule has 0 unspecified atom stereocenters. The molecule has 4 atom stereocenters. The van der Waals surface area contributed by atoms with Crippen molar-refractivity contribution in [3.63, 3.8) is 0 Å². The first-order valence-electron chi connectivity index (χ1n) is 16.4. The highest BCUT2D eigenvalue weighted by Crippen LogP contribution is 2.16. The van der Waals surface area contributed by atoms with Crippen molar-refractivity contribution in [1.82, 2.24) is 20.9 Å². The Hall–Kier alpha value is -4.19. The van der Waals surface area contributed by atoms with Crippen LogP contribution in [0.5, 0.6) is 5.75 Å². The number of pyridine rings is 1. The lowest BCUT2D eigenvalue weighted by Crippen LogP contribution is -2.53. The van der Waals surface area contributed by atoms with Gasteiger partial charge in [-0.1, -0.05) is 48.5 Å². The van der Waals surface area contributed by atoms with Crippen molar-refractivity contribution in [1.29, 1.82) is 0 Å². The Labute approximate surface area is 284 Å². The molecule has 0 bridgehead atoms. The zero-order valence-corrected chi connectivity index (χ0v) is 28.9. The quantitative estimate of drug-likeness (QED) is 0.148. The monoisotopic (exact) mass is 664 g/mol. The van der Waals surface area contributed by atoms with Crippen LogP contribution in [0.2, 0.25) is 0 Å². The summed E-state index contributed by atoms with van der Waals surface area (Å²) in [6.07, 6.45) is -0.197. The molecular weight excluding hydrogens is 612 g/mol. The van der Waals surface area contributed by atoms with Crippen LogP contribution in [-0.4, -0.2) is 82.6 Å². The molecule has 48 heavy (non-hydrogen) atoms. The van der Waals surface area contributed by atoms with Gasteiger partial charge < -0.3 is 40.4 Å². The third-order valence-corrected chi connectivity index (χ3v) is 7.07. The lowest BCUT2D eigenvalue weighted by molar-refractivity contribution is 0.0399. The fourth-order valence-electron chi connectivity index (χ4n) is 4.81. The van der Waals surface area contributed by atoms with Gasteiger partial charge in [-0.2, -0.15) is 0 Å². The minimum atomic E-state index is -1.04. The summed E-state index contributed by atoms with van der Waals surface area (Å²) in [6, 6.07) is 21.4. The Morgan fingerprint density at radius 3 is 1.69 bits per heavy atom. The maximum Gasteiger partial charge on any atom is 0.407 e. The van der Waals surface area contributed by atoms with Crippen LogP contribution in [-0.2, 0) is 28.7 Å². The number of nitrogens with zero attached hydrogens (tertiary/aromatic N) is 1. The third kappa shape index (κ3) is 15.1. The van der Waals surface area contributed by atoms with Crippen molar-refractivity contribution in [3.05, 3.63) is 95.8 Å². The van der Waals surface area contributed by atoms with Gasteiger partial charge in [0.25, 0.3) is 0 Å². The van der Waals surface area contributed by atoms with E-state index in [0.29, 0.717) is 31.6 Å². The van der Waals surface area contributed by atoms with Crippen molar-refractivity contribution in [2.24, 2.45) is 0 Å². The molecule has 11 heteroatoms. The standard InChI is InChI=1S/C37H52N4O7/c1-36(2,3)47-34(44)40-30(22-26-12-8-7-9-13-26)32(42)24-38-25-33(43)31(41-35(45)48-37(4,5)6)23-27-15-17-29(18-16-27)46-21-19-28-14-10-11-20-39-28/h7-18,20,30-33,38,42-43H,19,21-25H2,1-6H3,(H,40,44)(H,41,45)/t30-,31-,32+,33+/m0/s1. The van der Waals surface area contributed by atoms with E-state index >= 15 is 0 Å². The summed E-state index contributed by atoms with van der Waals surface area (Å²) in [5.74, 6) is 0.701. The van der Waals surface area contributed by atoms with E-state index < -0.39 is 47.7 Å². The maximum atomic E-state index is 12.7. The topological polar surface area (TPSA) is 151 Å². The number of aliphatic hydroxyl groups is 2. The second kappa shape index (κ2) is 18.4. The van der Waals surface area contributed by atoms with Crippen molar-refractivity contribution in [2.45, 2.75) is 96.3 Å². The predicted octanol–water partition coefficient (Wildman–Crippen LogP) is 4.59. The zero-order chi connectivity index (χ0) is 35.2. The number of carbonyl (C=O) groups excluding carboxylic acids is 2.